The molecule has 1 aromatic heterocycles. The van der Waals surface area contributed by atoms with E-state index >= 15 is 0 Å². The molecule has 3 nitrogen and oxygen atoms in total. The summed E-state index contributed by atoms with van der Waals surface area (Å²) in [5, 5.41) is 6.22. The molecule has 3 N–H and O–H groups in total. The molecule has 64 valence electrons. The Bertz CT molecular complexity index is 279. The molecule has 1 unspecified atom stereocenters. The van der Waals surface area contributed by atoms with E-state index < -0.39 is 0 Å². The SMILES string of the molecule is NCC1=NNC(c2cccs2)C1. The van der Waals surface area contributed by atoms with Gasteiger partial charge in [-0.05, 0) is 11.4 Å². The summed E-state index contributed by atoms with van der Waals surface area (Å²) in [6, 6.07) is 4.54. The summed E-state index contributed by atoms with van der Waals surface area (Å²) >= 11 is 1.76. The minimum Gasteiger partial charge on any atom is -0.325 e. The van der Waals surface area contributed by atoms with Gasteiger partial charge in [0.05, 0.1) is 11.8 Å². The maximum atomic E-state index is 5.48. The highest BCUT2D eigenvalue weighted by atomic mass is 32.1. The Labute approximate surface area is 75.3 Å². The lowest BCUT2D eigenvalue weighted by molar-refractivity contribution is 0.630. The zero-order valence-electron chi connectivity index (χ0n) is 6.66. The lowest BCUT2D eigenvalue weighted by Crippen LogP contribution is -2.12. The Kier molecular flexibility index (Phi) is 2.10. The molecular weight excluding hydrogens is 170 g/mol. The molecule has 12 heavy (non-hydrogen) atoms. The number of nitrogens with zero attached hydrogens (tertiary/aromatic N) is 1. The van der Waals surface area contributed by atoms with Crippen LogP contribution in [0.25, 0.3) is 0 Å². The molecule has 0 bridgehead atoms. The first-order valence-corrected chi connectivity index (χ1v) is 4.82. The number of thiophene rings is 1. The van der Waals surface area contributed by atoms with E-state index in [-0.39, 0.29) is 0 Å². The van der Waals surface area contributed by atoms with E-state index in [2.05, 4.69) is 28.0 Å². The molecule has 2 heterocycles. The summed E-state index contributed by atoms with van der Waals surface area (Å²) in [4.78, 5) is 1.34. The first kappa shape index (κ1) is 7.76. The third-order valence-electron chi connectivity index (χ3n) is 1.94. The van der Waals surface area contributed by atoms with Crippen molar-refractivity contribution in [2.75, 3.05) is 6.54 Å². The summed E-state index contributed by atoms with van der Waals surface area (Å²) in [6.45, 7) is 0.564. The summed E-state index contributed by atoms with van der Waals surface area (Å²) in [5.41, 5.74) is 9.62. The minimum atomic E-state index is 0.364. The van der Waals surface area contributed by atoms with Crippen molar-refractivity contribution in [1.29, 1.82) is 0 Å². The Morgan fingerprint density at radius 1 is 1.75 bits per heavy atom. The van der Waals surface area contributed by atoms with Crippen LogP contribution < -0.4 is 11.2 Å². The lowest BCUT2D eigenvalue weighted by Gasteiger charge is -2.05. The molecule has 0 spiro atoms. The van der Waals surface area contributed by atoms with E-state index in [9.17, 15) is 0 Å². The highest BCUT2D eigenvalue weighted by Crippen LogP contribution is 2.24. The van der Waals surface area contributed by atoms with E-state index in [0.29, 0.717) is 12.6 Å². The molecule has 0 saturated carbocycles. The number of nitrogens with two attached hydrogens (primary N) is 1. The van der Waals surface area contributed by atoms with E-state index in [1.54, 1.807) is 11.3 Å². The van der Waals surface area contributed by atoms with E-state index in [1.165, 1.54) is 4.88 Å². The second-order valence-corrected chi connectivity index (χ2v) is 3.76. The van der Waals surface area contributed by atoms with Crippen LogP contribution >= 0.6 is 11.3 Å². The maximum Gasteiger partial charge on any atom is 0.0834 e. The predicted molar refractivity (Wildman–Crippen MR) is 51.3 cm³/mol. The highest BCUT2D eigenvalue weighted by molar-refractivity contribution is 7.10. The van der Waals surface area contributed by atoms with Crippen LogP contribution in [-0.4, -0.2) is 12.3 Å². The van der Waals surface area contributed by atoms with Crippen molar-refractivity contribution in [1.82, 2.24) is 5.43 Å². The van der Waals surface area contributed by atoms with Crippen molar-refractivity contribution in [2.24, 2.45) is 10.8 Å². The van der Waals surface area contributed by atoms with Gasteiger partial charge in [-0.25, -0.2) is 0 Å². The molecule has 0 fully saturated rings. The van der Waals surface area contributed by atoms with Crippen molar-refractivity contribution < 1.29 is 0 Å². The Morgan fingerprint density at radius 3 is 3.25 bits per heavy atom. The summed E-state index contributed by atoms with van der Waals surface area (Å²) in [7, 11) is 0. The van der Waals surface area contributed by atoms with Crippen molar-refractivity contribution in [3.63, 3.8) is 0 Å². The monoisotopic (exact) mass is 181 g/mol. The molecule has 0 aromatic carbocycles. The number of hydrazone groups is 1. The van der Waals surface area contributed by atoms with Gasteiger partial charge in [-0.1, -0.05) is 6.07 Å². The Balaban J connectivity index is 2.04. The van der Waals surface area contributed by atoms with Crippen LogP contribution in [0.5, 0.6) is 0 Å². The second kappa shape index (κ2) is 3.25. The molecule has 1 aliphatic heterocycles. The molecular formula is C8H11N3S. The molecule has 0 radical (unpaired) electrons. The predicted octanol–water partition coefficient (Wildman–Crippen LogP) is 1.10. The summed E-state index contributed by atoms with van der Waals surface area (Å²) in [6.07, 6.45) is 0.955. The highest BCUT2D eigenvalue weighted by Gasteiger charge is 2.19. The maximum absolute atomic E-state index is 5.48. The van der Waals surface area contributed by atoms with Gasteiger partial charge in [-0.3, -0.25) is 0 Å². The largest absolute Gasteiger partial charge is 0.325 e. The van der Waals surface area contributed by atoms with Crippen LogP contribution in [0.2, 0.25) is 0 Å². The summed E-state index contributed by atoms with van der Waals surface area (Å²) in [5.74, 6) is 0. The van der Waals surface area contributed by atoms with Crippen molar-refractivity contribution in [3.8, 4) is 0 Å². The molecule has 4 heteroatoms. The third-order valence-corrected chi connectivity index (χ3v) is 2.93. The van der Waals surface area contributed by atoms with Gasteiger partial charge in [-0.2, -0.15) is 5.10 Å². The van der Waals surface area contributed by atoms with Gasteiger partial charge in [0.25, 0.3) is 0 Å². The molecule has 2 rings (SSSR count). The smallest absolute Gasteiger partial charge is 0.0834 e. The average Bonchev–Trinajstić information content (AvgIpc) is 2.75. The van der Waals surface area contributed by atoms with Crippen LogP contribution in [0.1, 0.15) is 17.3 Å². The van der Waals surface area contributed by atoms with Crippen LogP contribution in [0.4, 0.5) is 0 Å². The molecule has 1 atom stereocenters. The van der Waals surface area contributed by atoms with Crippen molar-refractivity contribution in [3.05, 3.63) is 22.4 Å². The van der Waals surface area contributed by atoms with Gasteiger partial charge < -0.3 is 11.2 Å². The fraction of sp³-hybridized carbons (Fsp3) is 0.375. The van der Waals surface area contributed by atoms with Gasteiger partial charge >= 0.3 is 0 Å². The zero-order chi connectivity index (χ0) is 8.39. The fourth-order valence-electron chi connectivity index (χ4n) is 1.28. The van der Waals surface area contributed by atoms with Gasteiger partial charge in [0.2, 0.25) is 0 Å². The van der Waals surface area contributed by atoms with E-state index in [4.69, 9.17) is 5.73 Å². The fourth-order valence-corrected chi connectivity index (χ4v) is 2.05. The average molecular weight is 181 g/mol. The molecule has 0 saturated heterocycles. The first-order chi connectivity index (χ1) is 5.90. The topological polar surface area (TPSA) is 50.4 Å². The Hall–Kier alpha value is -0.870. The standard InChI is InChI=1S/C8H11N3S/c9-5-6-4-7(11-10-6)8-2-1-3-12-8/h1-3,7,11H,4-5,9H2. The summed E-state index contributed by atoms with van der Waals surface area (Å²) < 4.78 is 0. The zero-order valence-corrected chi connectivity index (χ0v) is 7.47. The van der Waals surface area contributed by atoms with Gasteiger partial charge in [0.1, 0.15) is 0 Å². The van der Waals surface area contributed by atoms with Crippen molar-refractivity contribution >= 4 is 17.0 Å². The van der Waals surface area contributed by atoms with Crippen LogP contribution in [-0.2, 0) is 0 Å². The Morgan fingerprint density at radius 2 is 2.67 bits per heavy atom. The molecule has 0 aliphatic carbocycles. The van der Waals surface area contributed by atoms with E-state index in [0.717, 1.165) is 12.1 Å². The van der Waals surface area contributed by atoms with Crippen molar-refractivity contribution in [2.45, 2.75) is 12.5 Å². The number of hydrogen-bond acceptors (Lipinski definition) is 4. The van der Waals surface area contributed by atoms with Gasteiger partial charge in [-0.15, -0.1) is 11.3 Å². The number of rotatable bonds is 2. The van der Waals surface area contributed by atoms with Crippen LogP contribution in [0.15, 0.2) is 22.6 Å². The van der Waals surface area contributed by atoms with Gasteiger partial charge in [0, 0.05) is 17.8 Å². The lowest BCUT2D eigenvalue weighted by atomic mass is 10.1. The molecule has 1 aliphatic rings. The van der Waals surface area contributed by atoms with Crippen LogP contribution in [0, 0.1) is 0 Å². The quantitative estimate of drug-likeness (QED) is 0.717. The second-order valence-electron chi connectivity index (χ2n) is 2.78. The first-order valence-electron chi connectivity index (χ1n) is 3.94. The minimum absolute atomic E-state index is 0.364. The number of hydrogen-bond donors (Lipinski definition) is 2. The van der Waals surface area contributed by atoms with E-state index in [1.807, 2.05) is 0 Å². The third kappa shape index (κ3) is 1.35. The molecule has 1 aromatic rings. The van der Waals surface area contributed by atoms with Gasteiger partial charge in [0.15, 0.2) is 0 Å². The molecule has 0 amide bonds. The van der Waals surface area contributed by atoms with Crippen LogP contribution in [0.3, 0.4) is 0 Å². The number of nitrogens with one attached hydrogen (secondary N) is 1. The normalized spacial score (nSPS) is 22.1.